The molecule has 0 heterocycles. The molecule has 230 valence electrons. The Bertz CT molecular complexity index is 545. The molecule has 0 saturated carbocycles. The van der Waals surface area contributed by atoms with Gasteiger partial charge in [0.15, 0.2) is 0 Å². The first-order valence-electron chi connectivity index (χ1n) is 12.3. The summed E-state index contributed by atoms with van der Waals surface area (Å²) >= 11 is 0. The van der Waals surface area contributed by atoms with Crippen molar-refractivity contribution in [3.05, 3.63) is 0 Å². The highest BCUT2D eigenvalue weighted by molar-refractivity contribution is 5.69. The van der Waals surface area contributed by atoms with Crippen LogP contribution in [0, 0.1) is 5.41 Å². The van der Waals surface area contributed by atoms with Gasteiger partial charge in [-0.2, -0.15) is 0 Å². The van der Waals surface area contributed by atoms with Crippen LogP contribution in [0.15, 0.2) is 0 Å². The van der Waals surface area contributed by atoms with Crippen molar-refractivity contribution >= 4 is 35.8 Å². The van der Waals surface area contributed by atoms with Crippen LogP contribution in [0.3, 0.4) is 0 Å². The SMILES string of the molecule is CCC(CO)(CO)CO.O=C(O)CCCCC(=O)O.O=C(O)CCCCC(=O)O.O=C(O)CCCCC(=O)O. The average Bonchev–Trinajstić information content (AvgIpc) is 2.85. The molecule has 0 aromatic heterocycles. The maximum Gasteiger partial charge on any atom is 0.303 e. The fraction of sp³-hybridized carbons (Fsp3) is 0.750. The molecular formula is C24H44O15. The van der Waals surface area contributed by atoms with E-state index in [1.807, 2.05) is 6.92 Å². The Morgan fingerprint density at radius 2 is 0.564 bits per heavy atom. The molecule has 0 aromatic rings. The van der Waals surface area contributed by atoms with Gasteiger partial charge in [0.1, 0.15) is 0 Å². The van der Waals surface area contributed by atoms with Crippen LogP contribution in [0.2, 0.25) is 0 Å². The lowest BCUT2D eigenvalue weighted by molar-refractivity contribution is -0.139. The van der Waals surface area contributed by atoms with E-state index in [0.717, 1.165) is 0 Å². The van der Waals surface area contributed by atoms with Crippen LogP contribution in [0.25, 0.3) is 0 Å². The number of hydrogen-bond acceptors (Lipinski definition) is 9. The highest BCUT2D eigenvalue weighted by Gasteiger charge is 2.24. The molecule has 39 heavy (non-hydrogen) atoms. The normalized spacial score (nSPS) is 9.85. The van der Waals surface area contributed by atoms with E-state index >= 15 is 0 Å². The van der Waals surface area contributed by atoms with Crippen molar-refractivity contribution < 1.29 is 74.7 Å². The van der Waals surface area contributed by atoms with E-state index in [2.05, 4.69) is 0 Å². The fourth-order valence-corrected chi connectivity index (χ4v) is 2.14. The molecule has 15 nitrogen and oxygen atoms in total. The monoisotopic (exact) mass is 572 g/mol. The van der Waals surface area contributed by atoms with E-state index in [4.69, 9.17) is 46.0 Å². The number of hydrogen-bond donors (Lipinski definition) is 9. The Morgan fingerprint density at radius 3 is 0.615 bits per heavy atom. The van der Waals surface area contributed by atoms with Gasteiger partial charge in [0.25, 0.3) is 0 Å². The molecule has 15 heteroatoms. The van der Waals surface area contributed by atoms with Gasteiger partial charge in [0, 0.05) is 43.9 Å². The molecule has 0 radical (unpaired) electrons. The second-order valence-corrected chi connectivity index (χ2v) is 8.31. The Morgan fingerprint density at radius 1 is 0.410 bits per heavy atom. The second-order valence-electron chi connectivity index (χ2n) is 8.31. The Kier molecular flexibility index (Phi) is 32.1. The van der Waals surface area contributed by atoms with Gasteiger partial charge in [-0.25, -0.2) is 0 Å². The molecule has 0 aliphatic heterocycles. The van der Waals surface area contributed by atoms with Crippen LogP contribution >= 0.6 is 0 Å². The number of carboxylic acid groups (broad SMARTS) is 6. The highest BCUT2D eigenvalue weighted by atomic mass is 16.4. The summed E-state index contributed by atoms with van der Waals surface area (Å²) in [5.41, 5.74) is -0.667. The summed E-state index contributed by atoms with van der Waals surface area (Å²) in [6.45, 7) is 1.35. The van der Waals surface area contributed by atoms with Crippen molar-refractivity contribution in [1.82, 2.24) is 0 Å². The summed E-state index contributed by atoms with van der Waals surface area (Å²) < 4.78 is 0. The molecule has 0 unspecified atom stereocenters. The molecule has 0 aliphatic rings. The van der Waals surface area contributed by atoms with Crippen LogP contribution in [0.5, 0.6) is 0 Å². The first kappa shape index (κ1) is 42.8. The molecule has 0 atom stereocenters. The van der Waals surface area contributed by atoms with Crippen molar-refractivity contribution in [3.8, 4) is 0 Å². The number of carboxylic acids is 6. The Hall–Kier alpha value is -3.30. The van der Waals surface area contributed by atoms with E-state index < -0.39 is 41.2 Å². The van der Waals surface area contributed by atoms with Crippen LogP contribution in [0.1, 0.15) is 90.4 Å². The van der Waals surface area contributed by atoms with Gasteiger partial charge in [-0.05, 0) is 44.9 Å². The molecule has 0 saturated heterocycles. The average molecular weight is 573 g/mol. The summed E-state index contributed by atoms with van der Waals surface area (Å²) in [6.07, 6.45) is 3.65. The summed E-state index contributed by atoms with van der Waals surface area (Å²) in [5, 5.41) is 74.8. The van der Waals surface area contributed by atoms with Crippen LogP contribution in [-0.2, 0) is 28.8 Å². The third-order valence-corrected chi connectivity index (χ3v) is 4.85. The van der Waals surface area contributed by atoms with Gasteiger partial charge in [0.05, 0.1) is 19.8 Å². The zero-order valence-corrected chi connectivity index (χ0v) is 22.3. The first-order chi connectivity index (χ1) is 18.1. The van der Waals surface area contributed by atoms with Crippen molar-refractivity contribution in [2.45, 2.75) is 90.4 Å². The predicted molar refractivity (Wildman–Crippen MR) is 135 cm³/mol. The molecule has 0 bridgehead atoms. The third-order valence-electron chi connectivity index (χ3n) is 4.85. The van der Waals surface area contributed by atoms with Crippen LogP contribution in [-0.4, -0.2) is 102 Å². The predicted octanol–water partition coefficient (Wildman–Crippen LogP) is 1.51. The number of carbonyl (C=O) groups is 6. The van der Waals surface area contributed by atoms with E-state index in [9.17, 15) is 28.8 Å². The van der Waals surface area contributed by atoms with Crippen LogP contribution < -0.4 is 0 Å². The molecule has 9 N–H and O–H groups in total. The molecule has 0 aliphatic carbocycles. The lowest BCUT2D eigenvalue weighted by Gasteiger charge is -2.24. The Balaban J connectivity index is -0.000000210. The summed E-state index contributed by atoms with van der Waals surface area (Å²) in [5.74, 6) is -5.22. The smallest absolute Gasteiger partial charge is 0.303 e. The van der Waals surface area contributed by atoms with Gasteiger partial charge in [-0.3, -0.25) is 28.8 Å². The van der Waals surface area contributed by atoms with Crippen molar-refractivity contribution in [1.29, 1.82) is 0 Å². The van der Waals surface area contributed by atoms with Crippen molar-refractivity contribution in [2.75, 3.05) is 19.8 Å². The third kappa shape index (κ3) is 42.1. The zero-order chi connectivity index (χ0) is 31.3. The number of aliphatic hydroxyl groups is 3. The summed E-state index contributed by atoms with van der Waals surface area (Å²) in [4.78, 5) is 59.4. The van der Waals surface area contributed by atoms with E-state index in [-0.39, 0.29) is 58.3 Å². The maximum atomic E-state index is 9.90. The molecular weight excluding hydrogens is 528 g/mol. The summed E-state index contributed by atoms with van der Waals surface area (Å²) in [7, 11) is 0. The minimum absolute atomic E-state index is 0.0628. The molecule has 0 rings (SSSR count). The largest absolute Gasteiger partial charge is 0.481 e. The minimum atomic E-state index is -0.870. The van der Waals surface area contributed by atoms with Gasteiger partial charge < -0.3 is 46.0 Å². The summed E-state index contributed by atoms with van der Waals surface area (Å²) in [6, 6.07) is 0. The lowest BCUT2D eigenvalue weighted by Crippen LogP contribution is -2.32. The Labute approximate surface area is 226 Å². The number of aliphatic hydroxyl groups excluding tert-OH is 3. The molecule has 0 aromatic carbocycles. The maximum absolute atomic E-state index is 9.90. The standard InChI is InChI=1S/3C6H10O4.C6H14O3/c3*7-5(8)3-1-2-4-6(9)10;1-2-6(3-7,4-8)5-9/h3*1-4H2,(H,7,8)(H,9,10);7-9H,2-5H2,1H3. The fourth-order valence-electron chi connectivity index (χ4n) is 2.14. The lowest BCUT2D eigenvalue weighted by atomic mass is 9.88. The zero-order valence-electron chi connectivity index (χ0n) is 22.3. The molecule has 0 fully saturated rings. The molecule has 0 amide bonds. The number of rotatable bonds is 19. The van der Waals surface area contributed by atoms with E-state index in [1.54, 1.807) is 0 Å². The van der Waals surface area contributed by atoms with Gasteiger partial charge in [-0.1, -0.05) is 6.92 Å². The van der Waals surface area contributed by atoms with Gasteiger partial charge >= 0.3 is 35.8 Å². The van der Waals surface area contributed by atoms with Gasteiger partial charge in [-0.15, -0.1) is 0 Å². The first-order valence-corrected chi connectivity index (χ1v) is 12.3. The second kappa shape index (κ2) is 29.3. The molecule has 0 spiro atoms. The topological polar surface area (TPSA) is 284 Å². The number of unbranched alkanes of at least 4 members (excludes halogenated alkanes) is 3. The van der Waals surface area contributed by atoms with E-state index in [0.29, 0.717) is 44.9 Å². The van der Waals surface area contributed by atoms with E-state index in [1.165, 1.54) is 0 Å². The van der Waals surface area contributed by atoms with Crippen molar-refractivity contribution in [3.63, 3.8) is 0 Å². The number of aliphatic carboxylic acids is 6. The highest BCUT2D eigenvalue weighted by Crippen LogP contribution is 2.18. The van der Waals surface area contributed by atoms with Gasteiger partial charge in [0.2, 0.25) is 0 Å². The quantitative estimate of drug-likeness (QED) is 0.0991. The van der Waals surface area contributed by atoms with Crippen LogP contribution in [0.4, 0.5) is 0 Å². The minimum Gasteiger partial charge on any atom is -0.481 e. The van der Waals surface area contributed by atoms with Crippen molar-refractivity contribution in [2.24, 2.45) is 5.41 Å².